The molecule has 0 amide bonds. The van der Waals surface area contributed by atoms with Crippen LogP contribution in [0, 0.1) is 48.5 Å². The van der Waals surface area contributed by atoms with Crippen molar-refractivity contribution in [2.75, 3.05) is 6.54 Å². The number of aryl methyl sites for hydroxylation is 3. The van der Waals surface area contributed by atoms with Gasteiger partial charge in [-0.05, 0) is 88.8 Å². The van der Waals surface area contributed by atoms with Gasteiger partial charge in [0.2, 0.25) is 10.0 Å². The van der Waals surface area contributed by atoms with Gasteiger partial charge < -0.3 is 0 Å². The van der Waals surface area contributed by atoms with E-state index in [2.05, 4.69) is 9.82 Å². The molecule has 0 saturated carbocycles. The Morgan fingerprint density at radius 2 is 1.44 bits per heavy atom. The molecule has 5 nitrogen and oxygen atoms in total. The summed E-state index contributed by atoms with van der Waals surface area (Å²) in [6, 6.07) is 2.02. The van der Waals surface area contributed by atoms with Crippen LogP contribution in [0.25, 0.3) is 0 Å². The maximum absolute atomic E-state index is 12.8. The van der Waals surface area contributed by atoms with Crippen LogP contribution in [0.2, 0.25) is 0 Å². The van der Waals surface area contributed by atoms with Gasteiger partial charge in [-0.1, -0.05) is 0 Å². The van der Waals surface area contributed by atoms with Gasteiger partial charge in [0.15, 0.2) is 0 Å². The fourth-order valence-corrected chi connectivity index (χ4v) is 4.95. The molecule has 0 saturated heterocycles. The summed E-state index contributed by atoms with van der Waals surface area (Å²) in [4.78, 5) is 0.430. The number of nitrogens with zero attached hydrogens (tertiary/aromatic N) is 2. The van der Waals surface area contributed by atoms with Crippen molar-refractivity contribution in [2.45, 2.75) is 66.3 Å². The number of hydrogen-bond donors (Lipinski definition) is 1. The van der Waals surface area contributed by atoms with Crippen LogP contribution in [0.5, 0.6) is 0 Å². The van der Waals surface area contributed by atoms with Crippen LogP contribution in [-0.2, 0) is 16.6 Å². The molecule has 1 aromatic carbocycles. The highest BCUT2D eigenvalue weighted by Gasteiger charge is 2.23. The fourth-order valence-electron chi connectivity index (χ4n) is 3.28. The summed E-state index contributed by atoms with van der Waals surface area (Å²) >= 11 is 0. The Bertz CT molecular complexity index is 867. The van der Waals surface area contributed by atoms with Gasteiger partial charge in [0, 0.05) is 18.8 Å². The van der Waals surface area contributed by atoms with E-state index in [0.29, 0.717) is 24.4 Å². The van der Waals surface area contributed by atoms with Gasteiger partial charge >= 0.3 is 0 Å². The zero-order chi connectivity index (χ0) is 18.9. The molecule has 0 atom stereocenters. The summed E-state index contributed by atoms with van der Waals surface area (Å²) in [5.74, 6) is 0. The Labute approximate surface area is 151 Å². The lowest BCUT2D eigenvalue weighted by molar-refractivity contribution is 0.543. The predicted molar refractivity (Wildman–Crippen MR) is 102 cm³/mol. The van der Waals surface area contributed by atoms with Crippen molar-refractivity contribution in [2.24, 2.45) is 0 Å². The molecule has 0 spiro atoms. The molecular weight excluding hydrogens is 334 g/mol. The van der Waals surface area contributed by atoms with Crippen molar-refractivity contribution in [3.05, 3.63) is 45.3 Å². The smallest absolute Gasteiger partial charge is 0.241 e. The van der Waals surface area contributed by atoms with Crippen LogP contribution >= 0.6 is 0 Å². The summed E-state index contributed by atoms with van der Waals surface area (Å²) in [7, 11) is -3.52. The maximum atomic E-state index is 12.8. The molecule has 0 unspecified atom stereocenters. The Balaban J connectivity index is 2.14. The van der Waals surface area contributed by atoms with E-state index in [1.54, 1.807) is 0 Å². The zero-order valence-electron chi connectivity index (χ0n) is 16.3. The normalized spacial score (nSPS) is 12.0. The van der Waals surface area contributed by atoms with Gasteiger partial charge in [-0.2, -0.15) is 5.10 Å². The third-order valence-corrected chi connectivity index (χ3v) is 6.88. The van der Waals surface area contributed by atoms with E-state index in [0.717, 1.165) is 33.6 Å². The molecule has 0 aliphatic heterocycles. The van der Waals surface area contributed by atoms with Gasteiger partial charge in [0.25, 0.3) is 0 Å². The largest absolute Gasteiger partial charge is 0.270 e. The minimum Gasteiger partial charge on any atom is -0.270 e. The number of benzene rings is 1. The Hall–Kier alpha value is -1.66. The van der Waals surface area contributed by atoms with Crippen LogP contribution in [-0.4, -0.2) is 24.7 Å². The molecule has 0 fully saturated rings. The number of hydrogen-bond acceptors (Lipinski definition) is 3. The number of aromatic nitrogens is 2. The molecular formula is C19H29N3O2S. The van der Waals surface area contributed by atoms with Crippen LogP contribution in [0.4, 0.5) is 0 Å². The second-order valence-electron chi connectivity index (χ2n) is 6.86. The first-order chi connectivity index (χ1) is 11.6. The van der Waals surface area contributed by atoms with E-state index in [-0.39, 0.29) is 0 Å². The minimum atomic E-state index is -3.52. The molecule has 2 rings (SSSR count). The van der Waals surface area contributed by atoms with Crippen LogP contribution in [0.1, 0.15) is 45.6 Å². The Morgan fingerprint density at radius 1 is 0.920 bits per heavy atom. The van der Waals surface area contributed by atoms with Crippen LogP contribution in [0.15, 0.2) is 11.0 Å². The highest BCUT2D eigenvalue weighted by Crippen LogP contribution is 2.29. The second kappa shape index (κ2) is 7.30. The molecule has 1 N–H and O–H groups in total. The van der Waals surface area contributed by atoms with Gasteiger partial charge in [0.05, 0.1) is 10.6 Å². The summed E-state index contributed by atoms with van der Waals surface area (Å²) in [5.41, 5.74) is 7.01. The molecule has 0 aliphatic carbocycles. The molecule has 138 valence electrons. The Morgan fingerprint density at radius 3 is 1.92 bits per heavy atom. The monoisotopic (exact) mass is 363 g/mol. The third-order valence-electron chi connectivity index (χ3n) is 5.14. The van der Waals surface area contributed by atoms with Crippen molar-refractivity contribution < 1.29 is 8.42 Å². The number of nitrogens with one attached hydrogen (secondary N) is 1. The molecule has 6 heteroatoms. The van der Waals surface area contributed by atoms with E-state index in [1.807, 2.05) is 59.2 Å². The lowest BCUT2D eigenvalue weighted by Crippen LogP contribution is -2.27. The first-order valence-electron chi connectivity index (χ1n) is 8.64. The van der Waals surface area contributed by atoms with E-state index >= 15 is 0 Å². The minimum absolute atomic E-state index is 0.394. The summed E-state index contributed by atoms with van der Waals surface area (Å²) in [6.07, 6.45) is 0.698. The summed E-state index contributed by atoms with van der Waals surface area (Å²) in [5, 5.41) is 4.40. The van der Waals surface area contributed by atoms with E-state index < -0.39 is 10.0 Å². The standard InChI is InChI=1S/C19H29N3O2S/c1-12-11-13(2)22(21-12)10-8-9-20-25(23,24)19-17(6)15(4)14(3)16(5)18(19)7/h11,20H,8-10H2,1-7H3. The van der Waals surface area contributed by atoms with Crippen LogP contribution in [0.3, 0.4) is 0 Å². The van der Waals surface area contributed by atoms with Gasteiger partial charge in [-0.15, -0.1) is 0 Å². The number of sulfonamides is 1. The molecule has 0 bridgehead atoms. The van der Waals surface area contributed by atoms with Gasteiger partial charge in [-0.25, -0.2) is 13.1 Å². The maximum Gasteiger partial charge on any atom is 0.241 e. The van der Waals surface area contributed by atoms with Crippen molar-refractivity contribution in [3.8, 4) is 0 Å². The Kier molecular flexibility index (Phi) is 5.74. The predicted octanol–water partition coefficient (Wildman–Crippen LogP) is 3.41. The topological polar surface area (TPSA) is 64.0 Å². The van der Waals surface area contributed by atoms with Crippen molar-refractivity contribution in [1.82, 2.24) is 14.5 Å². The summed E-state index contributed by atoms with van der Waals surface area (Å²) in [6.45, 7) is 14.9. The molecule has 2 aromatic rings. The third kappa shape index (κ3) is 3.96. The molecule has 0 radical (unpaired) electrons. The second-order valence-corrected chi connectivity index (χ2v) is 8.56. The molecule has 1 aromatic heterocycles. The molecule has 0 aliphatic rings. The average molecular weight is 364 g/mol. The van der Waals surface area contributed by atoms with Gasteiger partial charge in [-0.3, -0.25) is 4.68 Å². The SMILES string of the molecule is Cc1cc(C)n(CCCNS(=O)(=O)c2c(C)c(C)c(C)c(C)c2C)n1. The highest BCUT2D eigenvalue weighted by atomic mass is 32.2. The van der Waals surface area contributed by atoms with E-state index in [4.69, 9.17) is 0 Å². The molecule has 25 heavy (non-hydrogen) atoms. The first-order valence-corrected chi connectivity index (χ1v) is 10.1. The van der Waals surface area contributed by atoms with Crippen molar-refractivity contribution >= 4 is 10.0 Å². The fraction of sp³-hybridized carbons (Fsp3) is 0.526. The average Bonchev–Trinajstić information content (AvgIpc) is 2.85. The first kappa shape index (κ1) is 19.7. The lowest BCUT2D eigenvalue weighted by Gasteiger charge is -2.19. The quantitative estimate of drug-likeness (QED) is 0.800. The highest BCUT2D eigenvalue weighted by molar-refractivity contribution is 7.89. The van der Waals surface area contributed by atoms with E-state index in [1.165, 1.54) is 5.56 Å². The zero-order valence-corrected chi connectivity index (χ0v) is 17.1. The van der Waals surface area contributed by atoms with Crippen LogP contribution < -0.4 is 4.72 Å². The lowest BCUT2D eigenvalue weighted by atomic mass is 9.95. The van der Waals surface area contributed by atoms with Gasteiger partial charge in [0.1, 0.15) is 0 Å². The summed E-state index contributed by atoms with van der Waals surface area (Å²) < 4.78 is 30.4. The molecule has 1 heterocycles. The van der Waals surface area contributed by atoms with E-state index in [9.17, 15) is 8.42 Å². The number of rotatable bonds is 6. The van der Waals surface area contributed by atoms with Crippen molar-refractivity contribution in [3.63, 3.8) is 0 Å². The van der Waals surface area contributed by atoms with Crippen molar-refractivity contribution in [1.29, 1.82) is 0 Å².